The Bertz CT molecular complexity index is 879. The van der Waals surface area contributed by atoms with Crippen LogP contribution in [0.25, 0.3) is 33.9 Å². The van der Waals surface area contributed by atoms with Crippen LogP contribution < -0.4 is 0 Å². The molecule has 4 heteroatoms. The van der Waals surface area contributed by atoms with Crippen molar-refractivity contribution in [2.75, 3.05) is 0 Å². The van der Waals surface area contributed by atoms with E-state index >= 15 is 0 Å². The van der Waals surface area contributed by atoms with Crippen LogP contribution in [0.15, 0.2) is 91.0 Å². The minimum Gasteiger partial charge on any atom is -0.295 e. The van der Waals surface area contributed by atoms with Crippen LogP contribution in [0, 0.1) is 6.07 Å². The molecule has 0 saturated carbocycles. The molecule has 0 saturated heterocycles. The fourth-order valence-electron chi connectivity index (χ4n) is 2.63. The smallest absolute Gasteiger partial charge is 0.0884 e. The van der Waals surface area contributed by atoms with Crippen molar-refractivity contribution in [3.63, 3.8) is 0 Å². The molecule has 0 fully saturated rings. The van der Waals surface area contributed by atoms with Gasteiger partial charge in [-0.05, 0) is 23.9 Å². The number of rotatable bonds is 3. The van der Waals surface area contributed by atoms with Gasteiger partial charge in [0.15, 0.2) is 0 Å². The maximum absolute atomic E-state index is 4.78. The van der Waals surface area contributed by atoms with E-state index in [4.69, 9.17) is 9.97 Å². The first-order valence-corrected chi connectivity index (χ1v) is 14.4. The molecule has 2 nitrogen and oxygen atoms in total. The Balaban J connectivity index is 0.000000948. The second-order valence-corrected chi connectivity index (χ2v) is 5.46. The van der Waals surface area contributed by atoms with E-state index in [1.807, 2.05) is 78.9 Å². The molecule has 0 aliphatic rings. The maximum atomic E-state index is 4.78. The van der Waals surface area contributed by atoms with Gasteiger partial charge in [-0.15, -0.1) is 35.9 Å². The molecule has 0 bridgehead atoms. The fraction of sp³-hybridized carbons (Fsp3) is 0. The van der Waals surface area contributed by atoms with Gasteiger partial charge in [-0.2, -0.15) is 0 Å². The second kappa shape index (κ2) is 9.75. The molecular weight excluding hydrogens is 614 g/mol. The van der Waals surface area contributed by atoms with Gasteiger partial charge in [0.2, 0.25) is 0 Å². The minimum atomic E-state index is 0.863. The first-order valence-electron chi connectivity index (χ1n) is 7.99. The summed E-state index contributed by atoms with van der Waals surface area (Å²) >= 11 is 4.23. The van der Waals surface area contributed by atoms with E-state index < -0.39 is 0 Å². The van der Waals surface area contributed by atoms with Gasteiger partial charge in [0.1, 0.15) is 0 Å². The summed E-state index contributed by atoms with van der Waals surface area (Å²) in [6.45, 7) is 0. The van der Waals surface area contributed by atoms with Crippen LogP contribution in [0.3, 0.4) is 0 Å². The summed E-state index contributed by atoms with van der Waals surface area (Å²) in [7, 11) is 0. The number of nitrogens with zero attached hydrogens (tertiary/aromatic N) is 2. The van der Waals surface area contributed by atoms with E-state index in [1.54, 1.807) is 0 Å². The zero-order valence-electron chi connectivity index (χ0n) is 13.7. The van der Waals surface area contributed by atoms with Crippen LogP contribution in [-0.2, 0) is 16.1 Å². The van der Waals surface area contributed by atoms with Gasteiger partial charge in [0, 0.05) is 5.56 Å². The van der Waals surface area contributed by atoms with Crippen molar-refractivity contribution < 1.29 is 16.1 Å². The number of hydrogen-bond acceptors (Lipinski definition) is 2. The van der Waals surface area contributed by atoms with E-state index in [0.717, 1.165) is 33.9 Å². The second-order valence-electron chi connectivity index (χ2n) is 5.46. The third-order valence-electron chi connectivity index (χ3n) is 3.82. The number of pyridine rings is 2. The van der Waals surface area contributed by atoms with Crippen LogP contribution in [0.2, 0.25) is 0 Å². The monoisotopic (exact) mass is 629 g/mol. The molecular formula is C22H15IN2Pt. The molecule has 0 spiro atoms. The van der Waals surface area contributed by atoms with E-state index in [0.29, 0.717) is 0 Å². The Morgan fingerprint density at radius 2 is 1.15 bits per heavy atom. The van der Waals surface area contributed by atoms with Crippen LogP contribution in [0.5, 0.6) is 0 Å². The van der Waals surface area contributed by atoms with E-state index in [-0.39, 0.29) is 0 Å². The van der Waals surface area contributed by atoms with Gasteiger partial charge in [0.05, 0.1) is 17.1 Å². The average molecular weight is 629 g/mol. The Morgan fingerprint density at radius 1 is 0.577 bits per heavy atom. The molecule has 0 aliphatic heterocycles. The number of hydrogen-bond donors (Lipinski definition) is 0. The molecule has 0 aliphatic carbocycles. The molecule has 4 aromatic rings. The topological polar surface area (TPSA) is 25.8 Å². The van der Waals surface area contributed by atoms with Crippen molar-refractivity contribution in [1.82, 2.24) is 9.97 Å². The molecule has 0 atom stereocenters. The zero-order valence-corrected chi connectivity index (χ0v) is 18.2. The molecule has 2 aromatic carbocycles. The molecule has 0 N–H and O–H groups in total. The Morgan fingerprint density at radius 3 is 1.81 bits per heavy atom. The van der Waals surface area contributed by atoms with Gasteiger partial charge in [-0.1, -0.05) is 48.5 Å². The van der Waals surface area contributed by atoms with Gasteiger partial charge in [0.25, 0.3) is 0 Å². The van der Waals surface area contributed by atoms with E-state index in [2.05, 4.69) is 53.7 Å². The van der Waals surface area contributed by atoms with E-state index in [1.165, 1.54) is 0 Å². The Hall–Kier alpha value is -1.84. The van der Waals surface area contributed by atoms with Crippen molar-refractivity contribution >= 4 is 19.4 Å². The van der Waals surface area contributed by atoms with Crippen LogP contribution >= 0.6 is 19.4 Å². The molecule has 0 radical (unpaired) electrons. The van der Waals surface area contributed by atoms with Crippen molar-refractivity contribution in [2.24, 2.45) is 0 Å². The first-order chi connectivity index (χ1) is 12.9. The third-order valence-corrected chi connectivity index (χ3v) is 3.82. The molecule has 130 valence electrons. The van der Waals surface area contributed by atoms with Crippen LogP contribution in [0.4, 0.5) is 0 Å². The molecule has 0 amide bonds. The third kappa shape index (κ3) is 4.66. The summed E-state index contributed by atoms with van der Waals surface area (Å²) in [5.74, 6) is 0. The number of benzene rings is 2. The molecule has 2 aromatic heterocycles. The van der Waals surface area contributed by atoms with Gasteiger partial charge in [-0.25, -0.2) is 4.98 Å². The van der Waals surface area contributed by atoms with Gasteiger partial charge < -0.3 is 0 Å². The van der Waals surface area contributed by atoms with Crippen molar-refractivity contribution in [3.8, 4) is 33.9 Å². The standard InChI is InChI=1S/C22H15N2.HI.Pt/c1-3-9-17(10-4-1)19-13-7-15-21(23-19)22-16-8-14-20(24-22)18-11-5-2-6-12-18;;/h1-11,13-16H;1H;/q-1;;+2/p-1. The fourth-order valence-corrected chi connectivity index (χ4v) is 2.63. The summed E-state index contributed by atoms with van der Waals surface area (Å²) in [6.07, 6.45) is 0. The number of aromatic nitrogens is 2. The predicted molar refractivity (Wildman–Crippen MR) is 111 cm³/mol. The van der Waals surface area contributed by atoms with Crippen molar-refractivity contribution in [1.29, 1.82) is 0 Å². The van der Waals surface area contributed by atoms with Crippen molar-refractivity contribution in [2.45, 2.75) is 0 Å². The summed E-state index contributed by atoms with van der Waals surface area (Å²) < 4.78 is 0. The SMILES string of the molecule is [I][Pt+].[c-]1ccccc1-c1cccc(-c2cccc(-c3ccccc3)n2)n1. The number of halogens is 1. The van der Waals surface area contributed by atoms with Gasteiger partial charge >= 0.3 is 35.5 Å². The van der Waals surface area contributed by atoms with Gasteiger partial charge in [-0.3, -0.25) is 4.98 Å². The minimum absolute atomic E-state index is 0.863. The zero-order chi connectivity index (χ0) is 18.2. The predicted octanol–water partition coefficient (Wildman–Crippen LogP) is 6.16. The Labute approximate surface area is 175 Å². The summed E-state index contributed by atoms with van der Waals surface area (Å²) in [5.41, 5.74) is 5.67. The largest absolute Gasteiger partial charge is 0.295 e. The molecule has 4 rings (SSSR count). The maximum Gasteiger partial charge on any atom is 0.0884 e. The normalized spacial score (nSPS) is 9.96. The summed E-state index contributed by atoms with van der Waals surface area (Å²) in [5, 5.41) is 0. The first kappa shape index (κ1) is 18.9. The molecule has 0 unspecified atom stereocenters. The summed E-state index contributed by atoms with van der Waals surface area (Å²) in [6, 6.07) is 33.3. The van der Waals surface area contributed by atoms with Crippen LogP contribution in [0.1, 0.15) is 0 Å². The van der Waals surface area contributed by atoms with E-state index in [9.17, 15) is 0 Å². The van der Waals surface area contributed by atoms with Crippen LogP contribution in [-0.4, -0.2) is 9.97 Å². The molecule has 26 heavy (non-hydrogen) atoms. The summed E-state index contributed by atoms with van der Waals surface area (Å²) in [4.78, 5) is 9.53. The Kier molecular flexibility index (Phi) is 7.10. The quantitative estimate of drug-likeness (QED) is 0.201. The molecule has 2 heterocycles. The average Bonchev–Trinajstić information content (AvgIpc) is 2.77. The van der Waals surface area contributed by atoms with Crippen molar-refractivity contribution in [3.05, 3.63) is 97.1 Å².